The molecule has 0 aliphatic heterocycles. The van der Waals surface area contributed by atoms with Gasteiger partial charge in [0.25, 0.3) is 0 Å². The Balaban J connectivity index is 2.21. The quantitative estimate of drug-likeness (QED) is 0.573. The van der Waals surface area contributed by atoms with Crippen molar-refractivity contribution in [1.82, 2.24) is 4.90 Å². The van der Waals surface area contributed by atoms with Gasteiger partial charge >= 0.3 is 0 Å². The average Bonchev–Trinajstić information content (AvgIpc) is 2.38. The van der Waals surface area contributed by atoms with Gasteiger partial charge in [0.2, 0.25) is 0 Å². The number of benzene rings is 1. The van der Waals surface area contributed by atoms with Gasteiger partial charge in [0.1, 0.15) is 5.84 Å². The molecule has 0 saturated heterocycles. The van der Waals surface area contributed by atoms with E-state index in [1.165, 1.54) is 43.2 Å². The van der Waals surface area contributed by atoms with Crippen LogP contribution in [0.4, 0.5) is 0 Å². The van der Waals surface area contributed by atoms with E-state index in [1.54, 1.807) is 0 Å². The van der Waals surface area contributed by atoms with Crippen molar-refractivity contribution < 1.29 is 0 Å². The highest BCUT2D eigenvalue weighted by Crippen LogP contribution is 2.21. The maximum atomic E-state index is 4.98. The Hall–Kier alpha value is -1.31. The first-order valence-electron chi connectivity index (χ1n) is 6.99. The van der Waals surface area contributed by atoms with Gasteiger partial charge in [-0.15, -0.1) is 0 Å². The zero-order chi connectivity index (χ0) is 13.0. The summed E-state index contributed by atoms with van der Waals surface area (Å²) in [4.78, 5) is 7.12. The van der Waals surface area contributed by atoms with Crippen molar-refractivity contribution >= 4 is 5.84 Å². The summed E-state index contributed by atoms with van der Waals surface area (Å²) in [6.45, 7) is 2.12. The SMILES string of the molecule is Cc1ccc(C(=NC2CCCCC2)N(C)C)cc1. The lowest BCUT2D eigenvalue weighted by atomic mass is 9.96. The van der Waals surface area contributed by atoms with Crippen LogP contribution in [0.1, 0.15) is 43.2 Å². The van der Waals surface area contributed by atoms with Crippen molar-refractivity contribution in [1.29, 1.82) is 0 Å². The highest BCUT2D eigenvalue weighted by Gasteiger charge is 2.14. The molecular formula is C16H24N2. The molecule has 2 heteroatoms. The first kappa shape index (κ1) is 13.1. The van der Waals surface area contributed by atoms with Crippen molar-refractivity contribution in [2.24, 2.45) is 4.99 Å². The van der Waals surface area contributed by atoms with Gasteiger partial charge in [-0.05, 0) is 19.8 Å². The fourth-order valence-corrected chi connectivity index (χ4v) is 2.53. The molecule has 1 aromatic carbocycles. The van der Waals surface area contributed by atoms with Gasteiger partial charge in [0.05, 0.1) is 6.04 Å². The molecule has 1 saturated carbocycles. The van der Waals surface area contributed by atoms with E-state index in [4.69, 9.17) is 4.99 Å². The van der Waals surface area contributed by atoms with E-state index in [-0.39, 0.29) is 0 Å². The summed E-state index contributed by atoms with van der Waals surface area (Å²) >= 11 is 0. The van der Waals surface area contributed by atoms with Crippen LogP contribution in [0, 0.1) is 6.92 Å². The fourth-order valence-electron chi connectivity index (χ4n) is 2.53. The Kier molecular flexibility index (Phi) is 4.40. The number of hydrogen-bond donors (Lipinski definition) is 0. The van der Waals surface area contributed by atoms with Gasteiger partial charge in [-0.3, -0.25) is 4.99 Å². The summed E-state index contributed by atoms with van der Waals surface area (Å²) in [5.74, 6) is 1.13. The molecule has 98 valence electrons. The van der Waals surface area contributed by atoms with Gasteiger partial charge in [0, 0.05) is 19.7 Å². The molecule has 0 aromatic heterocycles. The maximum absolute atomic E-state index is 4.98. The molecule has 0 atom stereocenters. The van der Waals surface area contributed by atoms with Crippen LogP contribution < -0.4 is 0 Å². The zero-order valence-corrected chi connectivity index (χ0v) is 11.8. The second-order valence-electron chi connectivity index (χ2n) is 5.50. The van der Waals surface area contributed by atoms with Crippen LogP contribution in [0.15, 0.2) is 29.3 Å². The third kappa shape index (κ3) is 3.34. The molecule has 0 N–H and O–H groups in total. The number of rotatable bonds is 2. The molecular weight excluding hydrogens is 220 g/mol. The molecule has 0 heterocycles. The summed E-state index contributed by atoms with van der Waals surface area (Å²) in [5, 5.41) is 0. The molecule has 1 fully saturated rings. The molecule has 2 nitrogen and oxygen atoms in total. The van der Waals surface area contributed by atoms with E-state index >= 15 is 0 Å². The van der Waals surface area contributed by atoms with Gasteiger partial charge in [0.15, 0.2) is 0 Å². The van der Waals surface area contributed by atoms with Crippen LogP contribution in [0.25, 0.3) is 0 Å². The van der Waals surface area contributed by atoms with Gasteiger partial charge in [-0.25, -0.2) is 0 Å². The van der Waals surface area contributed by atoms with Gasteiger partial charge in [-0.1, -0.05) is 49.1 Å². The summed E-state index contributed by atoms with van der Waals surface area (Å²) in [6.07, 6.45) is 6.56. The molecule has 0 amide bonds. The molecule has 2 rings (SSSR count). The molecule has 0 unspecified atom stereocenters. The average molecular weight is 244 g/mol. The number of amidine groups is 1. The van der Waals surface area contributed by atoms with Crippen LogP contribution in [0.3, 0.4) is 0 Å². The number of aryl methyl sites for hydroxylation is 1. The third-order valence-corrected chi connectivity index (χ3v) is 3.61. The molecule has 1 aliphatic rings. The van der Waals surface area contributed by atoms with Crippen molar-refractivity contribution in [2.45, 2.75) is 45.1 Å². The third-order valence-electron chi connectivity index (χ3n) is 3.61. The van der Waals surface area contributed by atoms with E-state index in [2.05, 4.69) is 50.2 Å². The number of aliphatic imine (C=N–C) groups is 1. The smallest absolute Gasteiger partial charge is 0.130 e. The first-order valence-corrected chi connectivity index (χ1v) is 6.99. The summed E-state index contributed by atoms with van der Waals surface area (Å²) in [5.41, 5.74) is 2.53. The lowest BCUT2D eigenvalue weighted by Gasteiger charge is -2.23. The molecule has 0 spiro atoms. The predicted molar refractivity (Wildman–Crippen MR) is 78.3 cm³/mol. The maximum Gasteiger partial charge on any atom is 0.130 e. The lowest BCUT2D eigenvalue weighted by molar-refractivity contribution is 0.438. The van der Waals surface area contributed by atoms with E-state index in [0.29, 0.717) is 6.04 Å². The number of nitrogens with zero attached hydrogens (tertiary/aromatic N) is 2. The Morgan fingerprint density at radius 1 is 1.06 bits per heavy atom. The minimum Gasteiger partial charge on any atom is -0.363 e. The Labute approximate surface area is 111 Å². The molecule has 1 aromatic rings. The first-order chi connectivity index (χ1) is 8.66. The molecule has 18 heavy (non-hydrogen) atoms. The van der Waals surface area contributed by atoms with Crippen LogP contribution >= 0.6 is 0 Å². The normalized spacial score (nSPS) is 17.8. The van der Waals surface area contributed by atoms with Crippen LogP contribution in [0.5, 0.6) is 0 Å². The van der Waals surface area contributed by atoms with Crippen molar-refractivity contribution in [3.8, 4) is 0 Å². The Morgan fingerprint density at radius 3 is 2.22 bits per heavy atom. The standard InChI is InChI=1S/C16H24N2/c1-13-9-11-14(12-10-13)16(18(2)3)17-15-7-5-4-6-8-15/h9-12,15H,4-8H2,1-3H3. The summed E-state index contributed by atoms with van der Waals surface area (Å²) in [6, 6.07) is 9.20. The van der Waals surface area contributed by atoms with Crippen molar-refractivity contribution in [2.75, 3.05) is 14.1 Å². The van der Waals surface area contributed by atoms with E-state index in [9.17, 15) is 0 Å². The summed E-state index contributed by atoms with van der Waals surface area (Å²) < 4.78 is 0. The van der Waals surface area contributed by atoms with Crippen molar-refractivity contribution in [3.63, 3.8) is 0 Å². The Bertz CT molecular complexity index is 398. The van der Waals surface area contributed by atoms with Crippen LogP contribution in [0.2, 0.25) is 0 Å². The minimum absolute atomic E-state index is 0.525. The zero-order valence-electron chi connectivity index (χ0n) is 11.8. The monoisotopic (exact) mass is 244 g/mol. The summed E-state index contributed by atoms with van der Waals surface area (Å²) in [7, 11) is 4.17. The molecule has 0 radical (unpaired) electrons. The predicted octanol–water partition coefficient (Wildman–Crippen LogP) is 3.64. The molecule has 0 bridgehead atoms. The van der Waals surface area contributed by atoms with E-state index in [0.717, 1.165) is 5.84 Å². The highest BCUT2D eigenvalue weighted by atomic mass is 15.1. The van der Waals surface area contributed by atoms with Crippen LogP contribution in [-0.2, 0) is 0 Å². The second-order valence-corrected chi connectivity index (χ2v) is 5.50. The van der Waals surface area contributed by atoms with E-state index < -0.39 is 0 Å². The largest absolute Gasteiger partial charge is 0.363 e. The lowest BCUT2D eigenvalue weighted by Crippen LogP contribution is -2.26. The van der Waals surface area contributed by atoms with Gasteiger partial charge < -0.3 is 4.90 Å². The van der Waals surface area contributed by atoms with Crippen LogP contribution in [-0.4, -0.2) is 30.9 Å². The topological polar surface area (TPSA) is 15.6 Å². The second kappa shape index (κ2) is 6.03. The number of hydrogen-bond acceptors (Lipinski definition) is 1. The van der Waals surface area contributed by atoms with Crippen molar-refractivity contribution in [3.05, 3.63) is 35.4 Å². The highest BCUT2D eigenvalue weighted by molar-refractivity contribution is 5.98. The Morgan fingerprint density at radius 2 is 1.67 bits per heavy atom. The fraction of sp³-hybridized carbons (Fsp3) is 0.562. The van der Waals surface area contributed by atoms with E-state index in [1.807, 2.05) is 0 Å². The van der Waals surface area contributed by atoms with Gasteiger partial charge in [-0.2, -0.15) is 0 Å². The minimum atomic E-state index is 0.525. The molecule has 1 aliphatic carbocycles.